The third-order valence-corrected chi connectivity index (χ3v) is 8.08. The second kappa shape index (κ2) is 11.0. The lowest BCUT2D eigenvalue weighted by atomic mass is 10.0. The second-order valence-electron chi connectivity index (χ2n) is 10.7. The van der Waals surface area contributed by atoms with E-state index in [1.807, 2.05) is 45.6 Å². The number of anilines is 1. The topological polar surface area (TPSA) is 104 Å². The number of hydrogen-bond acceptors (Lipinski definition) is 6. The van der Waals surface area contributed by atoms with Gasteiger partial charge >= 0.3 is 11.8 Å². The van der Waals surface area contributed by atoms with E-state index in [-0.39, 0.29) is 46.5 Å². The first-order valence-electron chi connectivity index (χ1n) is 13.2. The number of rotatable bonds is 4. The molecule has 4 heterocycles. The molecule has 5 rings (SSSR count). The Kier molecular flexibility index (Phi) is 7.78. The normalized spacial score (nSPS) is 17.5. The molecular formula is C29H29BrClFN6O3. The second-order valence-corrected chi connectivity index (χ2v) is 11.9. The molecule has 1 saturated heterocycles. The summed E-state index contributed by atoms with van der Waals surface area (Å²) < 4.78 is 17.0. The number of carboxylic acid groups (broad SMARTS) is 1. The molecule has 0 unspecified atom stereocenters. The van der Waals surface area contributed by atoms with Crippen LogP contribution in [0.25, 0.3) is 28.0 Å². The fraction of sp³-hybridized carbons (Fsp3) is 0.345. The zero-order valence-corrected chi connectivity index (χ0v) is 25.5. The summed E-state index contributed by atoms with van der Waals surface area (Å²) in [7, 11) is 0. The Morgan fingerprint density at radius 2 is 1.83 bits per heavy atom. The Labute approximate surface area is 249 Å². The molecule has 1 N–H and O–H groups in total. The van der Waals surface area contributed by atoms with Crippen LogP contribution in [0, 0.1) is 12.7 Å². The predicted octanol–water partition coefficient (Wildman–Crippen LogP) is 6.41. The van der Waals surface area contributed by atoms with E-state index in [2.05, 4.69) is 25.9 Å². The van der Waals surface area contributed by atoms with Gasteiger partial charge in [0, 0.05) is 30.7 Å². The van der Waals surface area contributed by atoms with E-state index in [9.17, 15) is 19.1 Å². The van der Waals surface area contributed by atoms with E-state index >= 15 is 0 Å². The molecule has 12 heteroatoms. The van der Waals surface area contributed by atoms with Gasteiger partial charge in [-0.15, -0.1) is 0 Å². The van der Waals surface area contributed by atoms with Crippen molar-refractivity contribution in [1.29, 1.82) is 0 Å². The van der Waals surface area contributed by atoms with E-state index in [0.29, 0.717) is 33.7 Å². The molecular weight excluding hydrogens is 615 g/mol. The van der Waals surface area contributed by atoms with Crippen molar-refractivity contribution in [3.8, 4) is 16.9 Å². The molecule has 0 bridgehead atoms. The van der Waals surface area contributed by atoms with Crippen molar-refractivity contribution in [2.24, 2.45) is 0 Å². The van der Waals surface area contributed by atoms with Gasteiger partial charge in [0.15, 0.2) is 5.65 Å². The molecule has 2 atom stereocenters. The van der Waals surface area contributed by atoms with E-state index in [1.54, 1.807) is 24.3 Å². The number of halogens is 3. The van der Waals surface area contributed by atoms with Gasteiger partial charge in [-0.1, -0.05) is 37.6 Å². The number of aryl methyl sites for hydroxylation is 1. The van der Waals surface area contributed by atoms with Gasteiger partial charge in [0.1, 0.15) is 16.2 Å². The molecule has 214 valence electrons. The predicted molar refractivity (Wildman–Crippen MR) is 161 cm³/mol. The number of amides is 1. The minimum atomic E-state index is -1.00. The van der Waals surface area contributed by atoms with Crippen molar-refractivity contribution < 1.29 is 14.3 Å². The largest absolute Gasteiger partial charge is 0.465 e. The van der Waals surface area contributed by atoms with Crippen molar-refractivity contribution in [3.05, 3.63) is 73.6 Å². The van der Waals surface area contributed by atoms with E-state index in [4.69, 9.17) is 16.6 Å². The Morgan fingerprint density at radius 1 is 1.12 bits per heavy atom. The number of carbonyl (C=O) groups is 1. The molecule has 41 heavy (non-hydrogen) atoms. The monoisotopic (exact) mass is 642 g/mol. The van der Waals surface area contributed by atoms with Crippen LogP contribution in [0.5, 0.6) is 0 Å². The lowest BCUT2D eigenvalue weighted by Gasteiger charge is -2.43. The van der Waals surface area contributed by atoms with Gasteiger partial charge in [0.05, 0.1) is 27.5 Å². The maximum Gasteiger partial charge on any atom is 0.407 e. The average molecular weight is 644 g/mol. The average Bonchev–Trinajstić information content (AvgIpc) is 2.90. The van der Waals surface area contributed by atoms with Crippen LogP contribution in [0.1, 0.15) is 44.9 Å². The number of pyridine rings is 2. The van der Waals surface area contributed by atoms with Gasteiger partial charge < -0.3 is 14.9 Å². The van der Waals surface area contributed by atoms with Crippen molar-refractivity contribution in [3.63, 3.8) is 0 Å². The molecule has 0 aliphatic carbocycles. The van der Waals surface area contributed by atoms with Crippen LogP contribution in [0.2, 0.25) is 5.02 Å². The summed E-state index contributed by atoms with van der Waals surface area (Å²) in [4.78, 5) is 43.1. The van der Waals surface area contributed by atoms with Gasteiger partial charge in [-0.2, -0.15) is 4.98 Å². The highest BCUT2D eigenvalue weighted by molar-refractivity contribution is 9.10. The third kappa shape index (κ3) is 5.17. The summed E-state index contributed by atoms with van der Waals surface area (Å²) in [5.74, 6) is -0.207. The Balaban J connectivity index is 1.86. The first kappa shape index (κ1) is 28.9. The van der Waals surface area contributed by atoms with Crippen LogP contribution in [0.15, 0.2) is 45.8 Å². The number of nitrogens with zero attached hydrogens (tertiary/aromatic N) is 6. The first-order valence-corrected chi connectivity index (χ1v) is 14.4. The van der Waals surface area contributed by atoms with Gasteiger partial charge in [-0.05, 0) is 72.4 Å². The van der Waals surface area contributed by atoms with Crippen LogP contribution >= 0.6 is 27.5 Å². The van der Waals surface area contributed by atoms with Gasteiger partial charge in [-0.25, -0.2) is 28.5 Å². The molecule has 3 aromatic heterocycles. The molecule has 4 aromatic rings. The van der Waals surface area contributed by atoms with Crippen molar-refractivity contribution in [2.75, 3.05) is 18.0 Å². The van der Waals surface area contributed by atoms with Gasteiger partial charge in [0.2, 0.25) is 0 Å². The standard InChI is InChI=1S/C29H29BrClFN6O3/c1-14(2)23-25(15(3)10-22(30)33-23)38-27-19(11-20(31)24(34-27)18-8-6-7-9-21(18)32)26(35-28(38)39)36-12-17(5)37(29(40)41)13-16(36)4/h6-11,14,16-17H,12-13H2,1-5H3,(H,40,41)/t16-,17+/m0/s1. The molecule has 0 spiro atoms. The summed E-state index contributed by atoms with van der Waals surface area (Å²) in [5.41, 5.74) is 2.03. The van der Waals surface area contributed by atoms with Gasteiger partial charge in [-0.3, -0.25) is 0 Å². The zero-order chi connectivity index (χ0) is 29.7. The van der Waals surface area contributed by atoms with Crippen LogP contribution in [0.3, 0.4) is 0 Å². The fourth-order valence-electron chi connectivity index (χ4n) is 5.40. The SMILES string of the molecule is Cc1cc(Br)nc(C(C)C)c1-n1c(=O)nc(N2C[C@@H](C)N(C(=O)O)C[C@@H]2C)c2cc(Cl)c(-c3ccccc3F)nc21. The number of fused-ring (bicyclic) bond motifs is 1. The number of hydrogen-bond donors (Lipinski definition) is 1. The lowest BCUT2D eigenvalue weighted by molar-refractivity contribution is 0.114. The molecule has 1 aromatic carbocycles. The quantitative estimate of drug-likeness (QED) is 0.257. The van der Waals surface area contributed by atoms with Gasteiger partial charge in [0.25, 0.3) is 0 Å². The summed E-state index contributed by atoms with van der Waals surface area (Å²) in [6.07, 6.45) is -1.00. The van der Waals surface area contributed by atoms with Crippen LogP contribution in [-0.4, -0.2) is 60.8 Å². The highest BCUT2D eigenvalue weighted by Gasteiger charge is 2.34. The highest BCUT2D eigenvalue weighted by Crippen LogP contribution is 2.37. The smallest absolute Gasteiger partial charge is 0.407 e. The van der Waals surface area contributed by atoms with Crippen molar-refractivity contribution in [1.82, 2.24) is 24.4 Å². The number of piperazine rings is 1. The number of aromatic nitrogens is 4. The minimum Gasteiger partial charge on any atom is -0.465 e. The molecule has 0 radical (unpaired) electrons. The van der Waals surface area contributed by atoms with Crippen molar-refractivity contribution >= 4 is 50.5 Å². The summed E-state index contributed by atoms with van der Waals surface area (Å²) >= 11 is 10.2. The van der Waals surface area contributed by atoms with Crippen molar-refractivity contribution in [2.45, 2.75) is 52.6 Å². The first-order chi connectivity index (χ1) is 19.4. The lowest BCUT2D eigenvalue weighted by Crippen LogP contribution is -2.58. The maximum atomic E-state index is 14.9. The van der Waals surface area contributed by atoms with Crippen LogP contribution < -0.4 is 10.6 Å². The Hall–Kier alpha value is -3.57. The molecule has 1 fully saturated rings. The maximum absolute atomic E-state index is 14.9. The highest BCUT2D eigenvalue weighted by atomic mass is 79.9. The van der Waals surface area contributed by atoms with Crippen LogP contribution in [0.4, 0.5) is 15.0 Å². The zero-order valence-electron chi connectivity index (χ0n) is 23.2. The van der Waals surface area contributed by atoms with E-state index in [1.165, 1.54) is 15.5 Å². The Morgan fingerprint density at radius 3 is 2.49 bits per heavy atom. The number of benzene rings is 1. The molecule has 1 aliphatic rings. The van der Waals surface area contributed by atoms with Crippen LogP contribution in [-0.2, 0) is 0 Å². The summed E-state index contributed by atoms with van der Waals surface area (Å²) in [6, 6.07) is 9.01. The van der Waals surface area contributed by atoms with E-state index in [0.717, 1.165) is 5.56 Å². The molecule has 0 saturated carbocycles. The summed E-state index contributed by atoms with van der Waals surface area (Å²) in [5, 5.41) is 10.3. The molecule has 1 aliphatic heterocycles. The van der Waals surface area contributed by atoms with E-state index < -0.39 is 17.6 Å². The third-order valence-electron chi connectivity index (χ3n) is 7.38. The molecule has 9 nitrogen and oxygen atoms in total. The minimum absolute atomic E-state index is 0.0499. The summed E-state index contributed by atoms with van der Waals surface area (Å²) in [6.45, 7) is 10.1. The molecule has 1 amide bonds. The Bertz CT molecular complexity index is 1750. The fourth-order valence-corrected chi connectivity index (χ4v) is 6.19.